The summed E-state index contributed by atoms with van der Waals surface area (Å²) in [6.07, 6.45) is 3.32. The molecule has 0 aliphatic carbocycles. The Hall–Kier alpha value is -3.79. The van der Waals surface area contributed by atoms with E-state index in [1.165, 1.54) is 0 Å². The van der Waals surface area contributed by atoms with Crippen molar-refractivity contribution in [2.45, 2.75) is 6.54 Å². The molecular weight excluding hydrogens is 398 g/mol. The summed E-state index contributed by atoms with van der Waals surface area (Å²) in [6, 6.07) is 11.2. The summed E-state index contributed by atoms with van der Waals surface area (Å²) < 4.78 is 12.5. The summed E-state index contributed by atoms with van der Waals surface area (Å²) in [6.45, 7) is 3.78. The molecule has 1 aromatic carbocycles. The largest absolute Gasteiger partial charge is 0.378 e. The summed E-state index contributed by atoms with van der Waals surface area (Å²) in [7, 11) is 0. The van der Waals surface area contributed by atoms with Crippen LogP contribution in [-0.4, -0.2) is 63.7 Å². The molecule has 4 aromatic rings. The summed E-state index contributed by atoms with van der Waals surface area (Å²) in [4.78, 5) is 23.4. The fourth-order valence-corrected chi connectivity index (χ4v) is 3.56. The van der Waals surface area contributed by atoms with Crippen molar-refractivity contribution in [2.75, 3.05) is 37.7 Å². The van der Waals surface area contributed by atoms with Gasteiger partial charge in [0.2, 0.25) is 0 Å². The van der Waals surface area contributed by atoms with E-state index in [0.717, 1.165) is 35.5 Å². The van der Waals surface area contributed by atoms with Gasteiger partial charge in [-0.25, -0.2) is 14.6 Å². The first-order valence-corrected chi connectivity index (χ1v) is 10.1. The van der Waals surface area contributed by atoms with Crippen LogP contribution < -0.4 is 10.2 Å². The molecule has 1 amide bonds. The van der Waals surface area contributed by atoms with Gasteiger partial charge in [-0.05, 0) is 0 Å². The van der Waals surface area contributed by atoms with Gasteiger partial charge in [-0.1, -0.05) is 35.5 Å². The average Bonchev–Trinajstić information content (AvgIpc) is 3.48. The van der Waals surface area contributed by atoms with Gasteiger partial charge < -0.3 is 19.5 Å². The SMILES string of the molecule is O=C(NCCn1ncc2c(N3CCOCC3)ncnc21)c1cc(-c2ccccc2)on1. The predicted octanol–water partition coefficient (Wildman–Crippen LogP) is 1.75. The van der Waals surface area contributed by atoms with Gasteiger partial charge in [0.05, 0.1) is 31.3 Å². The third-order valence-corrected chi connectivity index (χ3v) is 5.13. The number of nitrogens with one attached hydrogen (secondary N) is 1. The predicted molar refractivity (Wildman–Crippen MR) is 113 cm³/mol. The number of morpholine rings is 1. The van der Waals surface area contributed by atoms with Crippen molar-refractivity contribution in [1.29, 1.82) is 0 Å². The van der Waals surface area contributed by atoms with Gasteiger partial charge in [0.25, 0.3) is 5.91 Å². The second-order valence-electron chi connectivity index (χ2n) is 7.10. The highest BCUT2D eigenvalue weighted by Crippen LogP contribution is 2.23. The van der Waals surface area contributed by atoms with Crippen molar-refractivity contribution >= 4 is 22.8 Å². The average molecular weight is 419 g/mol. The van der Waals surface area contributed by atoms with Crippen LogP contribution in [0.25, 0.3) is 22.4 Å². The third kappa shape index (κ3) is 3.97. The molecule has 0 saturated carbocycles. The Balaban J connectivity index is 1.23. The van der Waals surface area contributed by atoms with E-state index < -0.39 is 0 Å². The highest BCUT2D eigenvalue weighted by molar-refractivity contribution is 5.93. The van der Waals surface area contributed by atoms with E-state index in [-0.39, 0.29) is 11.6 Å². The van der Waals surface area contributed by atoms with Gasteiger partial charge in [-0.2, -0.15) is 5.10 Å². The molecule has 31 heavy (non-hydrogen) atoms. The number of nitrogens with zero attached hydrogens (tertiary/aromatic N) is 6. The molecule has 5 rings (SSSR count). The van der Waals surface area contributed by atoms with E-state index in [1.54, 1.807) is 23.3 Å². The summed E-state index contributed by atoms with van der Waals surface area (Å²) in [5.41, 5.74) is 1.84. The highest BCUT2D eigenvalue weighted by atomic mass is 16.5. The third-order valence-electron chi connectivity index (χ3n) is 5.13. The molecule has 4 heterocycles. The second-order valence-corrected chi connectivity index (χ2v) is 7.10. The van der Waals surface area contributed by atoms with E-state index in [2.05, 4.69) is 30.4 Å². The zero-order valence-electron chi connectivity index (χ0n) is 16.8. The second kappa shape index (κ2) is 8.52. The number of hydrogen-bond acceptors (Lipinski definition) is 8. The number of benzene rings is 1. The Labute approximate surface area is 177 Å². The topological polar surface area (TPSA) is 111 Å². The number of aromatic nitrogens is 5. The molecule has 1 aliphatic heterocycles. The van der Waals surface area contributed by atoms with Crippen LogP contribution in [0.3, 0.4) is 0 Å². The lowest BCUT2D eigenvalue weighted by Crippen LogP contribution is -2.36. The van der Waals surface area contributed by atoms with Gasteiger partial charge in [0.1, 0.15) is 12.1 Å². The molecule has 3 aromatic heterocycles. The number of rotatable bonds is 6. The van der Waals surface area contributed by atoms with Crippen LogP contribution in [0.1, 0.15) is 10.5 Å². The molecule has 1 aliphatic rings. The van der Waals surface area contributed by atoms with Crippen LogP contribution in [-0.2, 0) is 11.3 Å². The molecular formula is C21H21N7O3. The maximum absolute atomic E-state index is 12.4. The lowest BCUT2D eigenvalue weighted by atomic mass is 10.1. The van der Waals surface area contributed by atoms with Crippen molar-refractivity contribution in [1.82, 2.24) is 30.2 Å². The smallest absolute Gasteiger partial charge is 0.273 e. The van der Waals surface area contributed by atoms with Crippen LogP contribution in [0, 0.1) is 0 Å². The molecule has 10 heteroatoms. The molecule has 0 spiro atoms. The summed E-state index contributed by atoms with van der Waals surface area (Å²) >= 11 is 0. The maximum Gasteiger partial charge on any atom is 0.273 e. The first kappa shape index (κ1) is 19.2. The molecule has 1 saturated heterocycles. The van der Waals surface area contributed by atoms with Crippen molar-refractivity contribution < 1.29 is 14.1 Å². The van der Waals surface area contributed by atoms with Gasteiger partial charge >= 0.3 is 0 Å². The first-order valence-electron chi connectivity index (χ1n) is 10.1. The molecule has 1 N–H and O–H groups in total. The molecule has 0 bridgehead atoms. The van der Waals surface area contributed by atoms with Crippen LogP contribution in [0.4, 0.5) is 5.82 Å². The van der Waals surface area contributed by atoms with Crippen molar-refractivity contribution in [3.8, 4) is 11.3 Å². The number of hydrogen-bond donors (Lipinski definition) is 1. The van der Waals surface area contributed by atoms with Gasteiger partial charge in [0.15, 0.2) is 17.1 Å². The Morgan fingerprint density at radius 3 is 2.81 bits per heavy atom. The van der Waals surface area contributed by atoms with Gasteiger partial charge in [0, 0.05) is 31.3 Å². The maximum atomic E-state index is 12.4. The molecule has 0 atom stereocenters. The van der Waals surface area contributed by atoms with E-state index in [9.17, 15) is 4.79 Å². The number of fused-ring (bicyclic) bond motifs is 1. The molecule has 158 valence electrons. The molecule has 0 radical (unpaired) electrons. The molecule has 10 nitrogen and oxygen atoms in total. The normalized spacial score (nSPS) is 14.1. The van der Waals surface area contributed by atoms with E-state index in [4.69, 9.17) is 9.26 Å². The van der Waals surface area contributed by atoms with Crippen LogP contribution in [0.2, 0.25) is 0 Å². The van der Waals surface area contributed by atoms with E-state index in [0.29, 0.717) is 32.1 Å². The van der Waals surface area contributed by atoms with E-state index >= 15 is 0 Å². The van der Waals surface area contributed by atoms with Crippen molar-refractivity contribution in [3.05, 3.63) is 54.6 Å². The Kier molecular flexibility index (Phi) is 5.28. The Morgan fingerprint density at radius 2 is 1.97 bits per heavy atom. The number of anilines is 1. The molecule has 0 unspecified atom stereocenters. The Morgan fingerprint density at radius 1 is 1.13 bits per heavy atom. The number of amides is 1. The minimum atomic E-state index is -0.300. The van der Waals surface area contributed by atoms with Crippen LogP contribution in [0.5, 0.6) is 0 Å². The standard InChI is InChI=1S/C21H21N7O3/c29-21(17-12-18(31-26-17)15-4-2-1-3-5-15)22-6-7-28-20-16(13-25-28)19(23-14-24-20)27-8-10-30-11-9-27/h1-5,12-14H,6-11H2,(H,22,29). The highest BCUT2D eigenvalue weighted by Gasteiger charge is 2.18. The zero-order valence-corrected chi connectivity index (χ0v) is 16.8. The quantitative estimate of drug-likeness (QED) is 0.503. The van der Waals surface area contributed by atoms with E-state index in [1.807, 2.05) is 30.3 Å². The Bertz CT molecular complexity index is 1180. The number of carbonyl (C=O) groups is 1. The lowest BCUT2D eigenvalue weighted by molar-refractivity contribution is 0.0943. The first-order chi connectivity index (χ1) is 15.3. The van der Waals surface area contributed by atoms with Crippen molar-refractivity contribution in [3.63, 3.8) is 0 Å². The summed E-state index contributed by atoms with van der Waals surface area (Å²) in [5.74, 6) is 1.11. The number of ether oxygens (including phenoxy) is 1. The fourth-order valence-electron chi connectivity index (χ4n) is 3.56. The minimum Gasteiger partial charge on any atom is -0.378 e. The summed E-state index contributed by atoms with van der Waals surface area (Å²) in [5, 5.41) is 12.1. The van der Waals surface area contributed by atoms with Crippen LogP contribution >= 0.6 is 0 Å². The number of carbonyl (C=O) groups excluding carboxylic acids is 1. The van der Waals surface area contributed by atoms with Crippen molar-refractivity contribution in [2.24, 2.45) is 0 Å². The molecule has 1 fully saturated rings. The van der Waals surface area contributed by atoms with Gasteiger partial charge in [-0.3, -0.25) is 4.79 Å². The van der Waals surface area contributed by atoms with Gasteiger partial charge in [-0.15, -0.1) is 0 Å². The zero-order chi connectivity index (χ0) is 21.0. The monoisotopic (exact) mass is 419 g/mol. The lowest BCUT2D eigenvalue weighted by Gasteiger charge is -2.27. The van der Waals surface area contributed by atoms with Crippen LogP contribution in [0.15, 0.2) is 53.4 Å². The minimum absolute atomic E-state index is 0.237. The fraction of sp³-hybridized carbons (Fsp3) is 0.286.